The number of hydrogen-bond acceptors (Lipinski definition) is 7. The van der Waals surface area contributed by atoms with Crippen molar-refractivity contribution in [1.82, 2.24) is 4.98 Å². The zero-order valence-corrected chi connectivity index (χ0v) is 15.6. The fraction of sp³-hybridized carbons (Fsp3) is 0.500. The molecule has 0 bridgehead atoms. The molecule has 0 radical (unpaired) electrons. The molecule has 0 aliphatic heterocycles. The van der Waals surface area contributed by atoms with Gasteiger partial charge in [-0.2, -0.15) is 13.2 Å². The maximum absolute atomic E-state index is 13.4. The van der Waals surface area contributed by atoms with Gasteiger partial charge in [0.1, 0.15) is 16.8 Å². The maximum atomic E-state index is 13.4. The highest BCUT2D eigenvalue weighted by molar-refractivity contribution is 7.62. The molecule has 1 rings (SSSR count). The number of esters is 1. The topological polar surface area (TPSA) is 112 Å². The van der Waals surface area contributed by atoms with E-state index in [1.165, 1.54) is 13.8 Å². The van der Waals surface area contributed by atoms with E-state index >= 15 is 0 Å². The molecule has 0 aliphatic carbocycles. The van der Waals surface area contributed by atoms with E-state index in [4.69, 9.17) is 9.05 Å². The van der Waals surface area contributed by atoms with E-state index in [0.29, 0.717) is 7.11 Å². The number of carboxylic acid groups (broad SMARTS) is 1. The Morgan fingerprint density at radius 2 is 1.64 bits per heavy atom. The molecule has 0 aromatic carbocycles. The molecule has 0 saturated heterocycles. The minimum absolute atomic E-state index is 0.468. The first-order valence-electron chi connectivity index (χ1n) is 7.50. The molecule has 28 heavy (non-hydrogen) atoms. The van der Waals surface area contributed by atoms with Crippen LogP contribution in [0.15, 0.2) is 0 Å². The van der Waals surface area contributed by atoms with Crippen molar-refractivity contribution < 1.29 is 55.0 Å². The lowest BCUT2D eigenvalue weighted by molar-refractivity contribution is -0.141. The first-order valence-corrected chi connectivity index (χ1v) is 9.04. The molecular formula is C14H15F5NO7P. The van der Waals surface area contributed by atoms with Gasteiger partial charge in [0.05, 0.1) is 25.6 Å². The summed E-state index contributed by atoms with van der Waals surface area (Å²) >= 11 is 0. The number of hydrogen-bond donors (Lipinski definition) is 1. The molecule has 0 fully saturated rings. The Balaban J connectivity index is 4.32. The molecule has 14 heteroatoms. The highest BCUT2D eigenvalue weighted by Crippen LogP contribution is 2.51. The van der Waals surface area contributed by atoms with Crippen LogP contribution in [0.5, 0.6) is 0 Å². The summed E-state index contributed by atoms with van der Waals surface area (Å²) in [5, 5.41) is 7.81. The number of pyridine rings is 1. The van der Waals surface area contributed by atoms with Crippen LogP contribution in [0, 0.1) is 0 Å². The third-order valence-corrected chi connectivity index (χ3v) is 5.34. The summed E-state index contributed by atoms with van der Waals surface area (Å²) in [4.78, 5) is 26.3. The van der Waals surface area contributed by atoms with Gasteiger partial charge in [0.15, 0.2) is 5.69 Å². The SMILES string of the molecule is CCOP(=O)(OCC)c1c(C(=O)OC)c(C(F)F)nc(C(F)(F)F)c1C(=O)O. The predicted octanol–water partition coefficient (Wildman–Crippen LogP) is 3.41. The van der Waals surface area contributed by atoms with Gasteiger partial charge in [0.2, 0.25) is 0 Å². The van der Waals surface area contributed by atoms with Crippen molar-refractivity contribution in [3.8, 4) is 0 Å². The number of carbonyl (C=O) groups excluding carboxylic acids is 1. The van der Waals surface area contributed by atoms with Gasteiger partial charge in [-0.3, -0.25) is 4.57 Å². The maximum Gasteiger partial charge on any atom is 0.434 e. The quantitative estimate of drug-likeness (QED) is 0.376. The lowest BCUT2D eigenvalue weighted by Crippen LogP contribution is -2.33. The Hall–Kier alpha value is -2.11. The van der Waals surface area contributed by atoms with Crippen molar-refractivity contribution >= 4 is 24.8 Å². The molecule has 0 spiro atoms. The second kappa shape index (κ2) is 8.93. The highest BCUT2D eigenvalue weighted by atomic mass is 31.2. The van der Waals surface area contributed by atoms with Crippen molar-refractivity contribution in [2.75, 3.05) is 20.3 Å². The van der Waals surface area contributed by atoms with Crippen LogP contribution in [0.3, 0.4) is 0 Å². The fourth-order valence-corrected chi connectivity index (χ4v) is 4.21. The van der Waals surface area contributed by atoms with Crippen molar-refractivity contribution in [2.45, 2.75) is 26.4 Å². The first-order chi connectivity index (χ1) is 12.9. The minimum atomic E-state index is -5.54. The number of ether oxygens (including phenoxy) is 1. The van der Waals surface area contributed by atoms with Gasteiger partial charge in [-0.05, 0) is 13.8 Å². The average molecular weight is 435 g/mol. The molecule has 8 nitrogen and oxygen atoms in total. The van der Waals surface area contributed by atoms with Crippen LogP contribution in [-0.2, 0) is 24.5 Å². The summed E-state index contributed by atoms with van der Waals surface area (Å²) in [6.07, 6.45) is -9.31. The molecule has 0 aliphatic rings. The standard InChI is InChI=1S/C14H15F5NO7P/c1-4-26-28(24,27-5-2)9-6(13(23)25-3)8(11(15)16)20-10(14(17,18)19)7(9)12(21)22/h11H,4-5H2,1-3H3,(H,21,22). The molecule has 1 heterocycles. The normalized spacial score (nSPS) is 12.3. The minimum Gasteiger partial charge on any atom is -0.478 e. The lowest BCUT2D eigenvalue weighted by Gasteiger charge is -2.24. The Bertz CT molecular complexity index is 802. The Morgan fingerprint density at radius 3 is 1.96 bits per heavy atom. The van der Waals surface area contributed by atoms with E-state index in [1.54, 1.807) is 0 Å². The smallest absolute Gasteiger partial charge is 0.434 e. The number of carboxylic acids is 1. The van der Waals surface area contributed by atoms with E-state index in [2.05, 4.69) is 9.72 Å². The number of methoxy groups -OCH3 is 1. The van der Waals surface area contributed by atoms with Gasteiger partial charge in [-0.1, -0.05) is 0 Å². The molecule has 1 N–H and O–H groups in total. The summed E-state index contributed by atoms with van der Waals surface area (Å²) in [5.74, 6) is -4.02. The number of rotatable bonds is 8. The lowest BCUT2D eigenvalue weighted by atomic mass is 10.1. The number of nitrogens with zero attached hydrogens (tertiary/aromatic N) is 1. The number of aromatic nitrogens is 1. The Labute approximate surface area is 155 Å². The van der Waals surface area contributed by atoms with Crippen molar-refractivity contribution in [1.29, 1.82) is 0 Å². The summed E-state index contributed by atoms with van der Waals surface area (Å²) in [7, 11) is -4.29. The zero-order chi connectivity index (χ0) is 21.9. The van der Waals surface area contributed by atoms with E-state index in [9.17, 15) is 41.2 Å². The van der Waals surface area contributed by atoms with Gasteiger partial charge in [0.25, 0.3) is 6.43 Å². The van der Waals surface area contributed by atoms with Crippen LogP contribution < -0.4 is 5.30 Å². The summed E-state index contributed by atoms with van der Waals surface area (Å²) in [5.41, 5.74) is -7.27. The van der Waals surface area contributed by atoms with Crippen LogP contribution in [-0.4, -0.2) is 42.4 Å². The monoisotopic (exact) mass is 435 g/mol. The van der Waals surface area contributed by atoms with E-state index in [0.717, 1.165) is 0 Å². The van der Waals surface area contributed by atoms with Crippen LogP contribution in [0.1, 0.15) is 52.4 Å². The summed E-state index contributed by atoms with van der Waals surface area (Å²) in [6.45, 7) is 1.54. The highest BCUT2D eigenvalue weighted by Gasteiger charge is 2.48. The number of aromatic carboxylic acids is 1. The van der Waals surface area contributed by atoms with Crippen LogP contribution in [0.4, 0.5) is 22.0 Å². The van der Waals surface area contributed by atoms with Crippen LogP contribution >= 0.6 is 7.60 Å². The van der Waals surface area contributed by atoms with Crippen LogP contribution in [0.25, 0.3) is 0 Å². The van der Waals surface area contributed by atoms with E-state index in [-0.39, 0.29) is 0 Å². The zero-order valence-electron chi connectivity index (χ0n) is 14.7. The third-order valence-electron chi connectivity index (χ3n) is 3.15. The number of halogens is 5. The second-order valence-corrected chi connectivity index (χ2v) is 6.83. The Kier molecular flexibility index (Phi) is 7.63. The molecule has 0 amide bonds. The van der Waals surface area contributed by atoms with Gasteiger partial charge < -0.3 is 18.9 Å². The molecule has 0 saturated carbocycles. The van der Waals surface area contributed by atoms with Gasteiger partial charge in [0, 0.05) is 0 Å². The number of carbonyl (C=O) groups is 2. The van der Waals surface area contributed by atoms with Crippen molar-refractivity contribution in [3.05, 3.63) is 22.5 Å². The second-order valence-electron chi connectivity index (χ2n) is 4.87. The van der Waals surface area contributed by atoms with Crippen LogP contribution in [0.2, 0.25) is 0 Å². The third kappa shape index (κ3) is 4.65. The largest absolute Gasteiger partial charge is 0.478 e. The van der Waals surface area contributed by atoms with Gasteiger partial charge in [-0.25, -0.2) is 23.4 Å². The first kappa shape index (κ1) is 23.9. The molecule has 0 unspecified atom stereocenters. The molecule has 1 aromatic heterocycles. The molecule has 0 atom stereocenters. The summed E-state index contributed by atoms with van der Waals surface area (Å²) in [6, 6.07) is 0. The Morgan fingerprint density at radius 1 is 1.14 bits per heavy atom. The molecule has 158 valence electrons. The molecule has 1 aromatic rings. The number of alkyl halides is 5. The predicted molar refractivity (Wildman–Crippen MR) is 83.0 cm³/mol. The van der Waals surface area contributed by atoms with E-state index < -0.39 is 73.2 Å². The average Bonchev–Trinajstić information content (AvgIpc) is 2.58. The molecular weight excluding hydrogens is 420 g/mol. The van der Waals surface area contributed by atoms with Crippen molar-refractivity contribution in [2.24, 2.45) is 0 Å². The van der Waals surface area contributed by atoms with Crippen molar-refractivity contribution in [3.63, 3.8) is 0 Å². The summed E-state index contributed by atoms with van der Waals surface area (Å²) < 4.78 is 93.8. The van der Waals surface area contributed by atoms with Gasteiger partial charge >= 0.3 is 25.7 Å². The van der Waals surface area contributed by atoms with E-state index in [1.807, 2.05) is 0 Å². The van der Waals surface area contributed by atoms with Gasteiger partial charge in [-0.15, -0.1) is 0 Å². The fourth-order valence-electron chi connectivity index (χ4n) is 2.24.